The van der Waals surface area contributed by atoms with Crippen molar-refractivity contribution in [2.75, 3.05) is 0 Å². The van der Waals surface area contributed by atoms with Crippen LogP contribution in [0, 0.1) is 13.8 Å². The Hall–Kier alpha value is -8.84. The molecule has 0 radical (unpaired) electrons. The van der Waals surface area contributed by atoms with Crippen molar-refractivity contribution in [2.45, 2.75) is 13.8 Å². The minimum atomic E-state index is 1.24. The van der Waals surface area contributed by atoms with E-state index in [2.05, 4.69) is 232 Å². The van der Waals surface area contributed by atoms with E-state index in [0.29, 0.717) is 0 Å². The van der Waals surface area contributed by atoms with E-state index in [-0.39, 0.29) is 0 Å². The molecule has 0 amide bonds. The van der Waals surface area contributed by atoms with Crippen molar-refractivity contribution in [3.05, 3.63) is 230 Å². The van der Waals surface area contributed by atoms with E-state index in [9.17, 15) is 0 Å². The largest absolute Gasteiger partial charge is 0.0622 e. The van der Waals surface area contributed by atoms with Gasteiger partial charge in [-0.05, 0) is 202 Å². The van der Waals surface area contributed by atoms with Crippen LogP contribution >= 0.6 is 0 Å². The lowest BCUT2D eigenvalue weighted by molar-refractivity contribution is 1.47. The maximum atomic E-state index is 2.47. The van der Waals surface area contributed by atoms with Crippen molar-refractivity contribution in [1.29, 1.82) is 0 Å². The van der Waals surface area contributed by atoms with Crippen LogP contribution in [0.1, 0.15) is 11.1 Å². The second-order valence-electron chi connectivity index (χ2n) is 19.8. The molecule has 0 nitrogen and oxygen atoms in total. The lowest BCUT2D eigenvalue weighted by atomic mass is 9.81. The first-order chi connectivity index (χ1) is 34.6. The Morgan fingerprint density at radius 1 is 0.200 bits per heavy atom. The van der Waals surface area contributed by atoms with Gasteiger partial charge >= 0.3 is 0 Å². The zero-order valence-electron chi connectivity index (χ0n) is 38.8. The summed E-state index contributed by atoms with van der Waals surface area (Å²) in [6.07, 6.45) is 0. The standard InChI is InChI=1S/C70H42/c1-39-17-9-13-25-45(39)61-48-28-16-15-27-47(48)59(41-19-5-3-6-20-41)67-53-33-29-49-52-32-36-56-66-54(34-30-50(64(52)66)51-31-35-55(69(61)67)65(53)63(49)51)68-60(42-21-7-4-8-22-42)57-37-43-23-11-12-24-44(43)38-58(57)62(70(56)68)46-26-14-10-18-40(46)2/h3-38H,1-2H3. The Kier molecular flexibility index (Phi) is 7.57. The van der Waals surface area contributed by atoms with Gasteiger partial charge in [0.15, 0.2) is 0 Å². The zero-order chi connectivity index (χ0) is 45.9. The SMILES string of the molecule is Cc1ccccc1-c1c2c(c(-c3ccccc3)c3ccccc13)-c1ccc3c4ccc5c6c(ccc(c7ccc-2c1c73)c64)-c1c-5c(-c2ccccc2C)c2cc3ccccc3cc2c1-c1ccccc1. The first-order valence-electron chi connectivity index (χ1n) is 24.7. The van der Waals surface area contributed by atoms with Crippen LogP contribution in [0.25, 0.3) is 164 Å². The summed E-state index contributed by atoms with van der Waals surface area (Å²) in [7, 11) is 0. The fourth-order valence-electron chi connectivity index (χ4n) is 13.5. The number of hydrogen-bond acceptors (Lipinski definition) is 0. The summed E-state index contributed by atoms with van der Waals surface area (Å²) in [5, 5.41) is 18.4. The highest BCUT2D eigenvalue weighted by atomic mass is 14.4. The van der Waals surface area contributed by atoms with Gasteiger partial charge in [0.25, 0.3) is 0 Å². The third-order valence-electron chi connectivity index (χ3n) is 16.3. The maximum absolute atomic E-state index is 2.47. The second-order valence-corrected chi connectivity index (χ2v) is 19.8. The van der Waals surface area contributed by atoms with Crippen LogP contribution < -0.4 is 0 Å². The van der Waals surface area contributed by atoms with Gasteiger partial charge < -0.3 is 0 Å². The molecule has 0 heterocycles. The summed E-state index contributed by atoms with van der Waals surface area (Å²) in [6.45, 7) is 4.54. The Bertz CT molecular complexity index is 4610. The van der Waals surface area contributed by atoms with Gasteiger partial charge in [-0.15, -0.1) is 0 Å². The maximum Gasteiger partial charge on any atom is -0.000730 e. The molecule has 0 unspecified atom stereocenters. The van der Waals surface area contributed by atoms with E-state index in [4.69, 9.17) is 0 Å². The molecule has 322 valence electrons. The normalized spacial score (nSPS) is 12.4. The number of aryl methyl sites for hydroxylation is 2. The Morgan fingerprint density at radius 2 is 0.529 bits per heavy atom. The number of benzene rings is 14. The average Bonchev–Trinajstić information content (AvgIpc) is 3.92. The highest BCUT2D eigenvalue weighted by Crippen LogP contribution is 2.63. The number of rotatable bonds is 4. The van der Waals surface area contributed by atoms with Crippen molar-refractivity contribution in [3.8, 4) is 89.0 Å². The topological polar surface area (TPSA) is 0 Å². The fraction of sp³-hybridized carbons (Fsp3) is 0.0286. The summed E-state index contributed by atoms with van der Waals surface area (Å²) in [5.41, 5.74) is 23.6. The molecular weight excluding hydrogens is 841 g/mol. The van der Waals surface area contributed by atoms with Gasteiger partial charge in [-0.3, -0.25) is 0 Å². The number of hydrogen-bond donors (Lipinski definition) is 0. The van der Waals surface area contributed by atoms with Gasteiger partial charge in [0.1, 0.15) is 0 Å². The molecule has 0 atom stereocenters. The molecule has 0 N–H and O–H groups in total. The Labute approximate surface area is 405 Å². The quantitative estimate of drug-likeness (QED) is 0.122. The van der Waals surface area contributed by atoms with Crippen molar-refractivity contribution < 1.29 is 0 Å². The minimum absolute atomic E-state index is 1.24. The van der Waals surface area contributed by atoms with E-state index < -0.39 is 0 Å². The first-order valence-corrected chi connectivity index (χ1v) is 24.7. The highest BCUT2D eigenvalue weighted by molar-refractivity contribution is 6.42. The van der Waals surface area contributed by atoms with Gasteiger partial charge in [0.2, 0.25) is 0 Å². The summed E-state index contributed by atoms with van der Waals surface area (Å²) >= 11 is 0. The van der Waals surface area contributed by atoms with E-state index in [0.717, 1.165) is 0 Å². The average molecular weight is 883 g/mol. The number of fused-ring (bicyclic) bond motifs is 11. The second kappa shape index (κ2) is 13.9. The molecule has 0 bridgehead atoms. The molecule has 2 aliphatic rings. The van der Waals surface area contributed by atoms with Crippen molar-refractivity contribution in [2.24, 2.45) is 0 Å². The van der Waals surface area contributed by atoms with E-state index in [1.165, 1.54) is 176 Å². The highest BCUT2D eigenvalue weighted by Gasteiger charge is 2.35. The van der Waals surface area contributed by atoms with E-state index in [1.807, 2.05) is 0 Å². The summed E-state index contributed by atoms with van der Waals surface area (Å²) in [4.78, 5) is 0. The van der Waals surface area contributed by atoms with Gasteiger partial charge in [0, 0.05) is 0 Å². The summed E-state index contributed by atoms with van der Waals surface area (Å²) < 4.78 is 0. The van der Waals surface area contributed by atoms with Crippen molar-refractivity contribution in [3.63, 3.8) is 0 Å². The molecule has 0 saturated heterocycles. The van der Waals surface area contributed by atoms with Crippen LogP contribution in [0.2, 0.25) is 0 Å². The van der Waals surface area contributed by atoms with Crippen LogP contribution in [0.5, 0.6) is 0 Å². The molecule has 0 aliphatic heterocycles. The van der Waals surface area contributed by atoms with Crippen LogP contribution in [0.3, 0.4) is 0 Å². The zero-order valence-corrected chi connectivity index (χ0v) is 38.8. The lowest BCUT2D eigenvalue weighted by Gasteiger charge is -2.22. The Morgan fingerprint density at radius 3 is 0.971 bits per heavy atom. The predicted molar refractivity (Wildman–Crippen MR) is 300 cm³/mol. The third-order valence-corrected chi connectivity index (χ3v) is 16.3. The monoisotopic (exact) mass is 882 g/mol. The Balaban J connectivity index is 1.05. The van der Waals surface area contributed by atoms with Gasteiger partial charge in [-0.25, -0.2) is 0 Å². The molecule has 16 rings (SSSR count). The van der Waals surface area contributed by atoms with Gasteiger partial charge in [-0.2, -0.15) is 0 Å². The van der Waals surface area contributed by atoms with Gasteiger partial charge in [-0.1, -0.05) is 206 Å². The summed E-state index contributed by atoms with van der Waals surface area (Å²) in [5.74, 6) is 0. The molecule has 0 heteroatoms. The molecular formula is C70H42. The molecule has 14 aromatic carbocycles. The van der Waals surface area contributed by atoms with Crippen LogP contribution in [-0.2, 0) is 0 Å². The van der Waals surface area contributed by atoms with Gasteiger partial charge in [0.05, 0.1) is 0 Å². The predicted octanol–water partition coefficient (Wildman–Crippen LogP) is 19.8. The minimum Gasteiger partial charge on any atom is -0.0622 e. The molecule has 70 heavy (non-hydrogen) atoms. The smallest absolute Gasteiger partial charge is 0.000730 e. The van der Waals surface area contributed by atoms with Crippen LogP contribution in [0.15, 0.2) is 218 Å². The molecule has 0 spiro atoms. The first kappa shape index (κ1) is 38.2. The van der Waals surface area contributed by atoms with E-state index >= 15 is 0 Å². The van der Waals surface area contributed by atoms with Crippen molar-refractivity contribution >= 4 is 75.4 Å². The molecule has 0 fully saturated rings. The molecule has 14 aromatic rings. The van der Waals surface area contributed by atoms with Crippen LogP contribution in [0.4, 0.5) is 0 Å². The van der Waals surface area contributed by atoms with Crippen LogP contribution in [-0.4, -0.2) is 0 Å². The molecule has 0 aromatic heterocycles. The third kappa shape index (κ3) is 4.85. The fourth-order valence-corrected chi connectivity index (χ4v) is 13.5. The lowest BCUT2D eigenvalue weighted by Crippen LogP contribution is -1.95. The van der Waals surface area contributed by atoms with E-state index in [1.54, 1.807) is 0 Å². The summed E-state index contributed by atoms with van der Waals surface area (Å²) in [6, 6.07) is 82.8. The molecule has 2 aliphatic carbocycles. The molecule has 0 saturated carbocycles. The van der Waals surface area contributed by atoms with Crippen molar-refractivity contribution in [1.82, 2.24) is 0 Å².